The van der Waals surface area contributed by atoms with Gasteiger partial charge in [-0.3, -0.25) is 4.79 Å². The van der Waals surface area contributed by atoms with Gasteiger partial charge in [0.2, 0.25) is 0 Å². The first-order valence-corrected chi connectivity index (χ1v) is 7.83. The van der Waals surface area contributed by atoms with Crippen LogP contribution in [0.4, 0.5) is 0 Å². The van der Waals surface area contributed by atoms with Crippen LogP contribution < -0.4 is 5.73 Å². The Bertz CT molecular complexity index is 534. The van der Waals surface area contributed by atoms with Crippen molar-refractivity contribution in [3.63, 3.8) is 0 Å². The van der Waals surface area contributed by atoms with Crippen molar-refractivity contribution in [1.82, 2.24) is 9.80 Å². The summed E-state index contributed by atoms with van der Waals surface area (Å²) in [5, 5.41) is 0. The van der Waals surface area contributed by atoms with E-state index in [4.69, 9.17) is 5.73 Å². The van der Waals surface area contributed by atoms with Crippen molar-refractivity contribution < 1.29 is 4.79 Å². The van der Waals surface area contributed by atoms with Gasteiger partial charge in [-0.1, -0.05) is 12.1 Å². The summed E-state index contributed by atoms with van der Waals surface area (Å²) in [5.74, 6) is 1.30. The Morgan fingerprint density at radius 2 is 2.09 bits per heavy atom. The molecule has 2 N–H and O–H groups in total. The fourth-order valence-electron chi connectivity index (χ4n) is 3.82. The molecule has 4 nitrogen and oxygen atoms in total. The molecule has 5 heteroatoms. The quantitative estimate of drug-likeness (QED) is 0.925. The third-order valence-electron chi connectivity index (χ3n) is 4.87. The number of amides is 1. The van der Waals surface area contributed by atoms with Gasteiger partial charge in [-0.05, 0) is 56.5 Å². The van der Waals surface area contributed by atoms with Crippen LogP contribution in [-0.2, 0) is 6.54 Å². The molecule has 1 aliphatic heterocycles. The van der Waals surface area contributed by atoms with Crippen molar-refractivity contribution in [1.29, 1.82) is 0 Å². The second kappa shape index (κ2) is 6.99. The monoisotopic (exact) mass is 323 g/mol. The van der Waals surface area contributed by atoms with Crippen LogP contribution in [0.2, 0.25) is 0 Å². The lowest BCUT2D eigenvalue weighted by Gasteiger charge is -2.19. The molecule has 1 aromatic carbocycles. The van der Waals surface area contributed by atoms with Crippen LogP contribution in [0.15, 0.2) is 24.3 Å². The van der Waals surface area contributed by atoms with Crippen LogP contribution in [0.5, 0.6) is 0 Å². The zero-order valence-electron chi connectivity index (χ0n) is 13.4. The smallest absolute Gasteiger partial charge is 0.253 e. The van der Waals surface area contributed by atoms with Crippen molar-refractivity contribution in [3.8, 4) is 0 Å². The van der Waals surface area contributed by atoms with Crippen molar-refractivity contribution in [2.45, 2.75) is 25.4 Å². The van der Waals surface area contributed by atoms with Gasteiger partial charge in [-0.25, -0.2) is 0 Å². The molecular formula is C17H26ClN3O. The number of benzene rings is 1. The molecule has 0 aromatic heterocycles. The minimum absolute atomic E-state index is 0. The highest BCUT2D eigenvalue weighted by Gasteiger charge is 2.42. The highest BCUT2D eigenvalue weighted by molar-refractivity contribution is 5.94. The molecule has 1 saturated carbocycles. The van der Waals surface area contributed by atoms with Crippen LogP contribution in [0.3, 0.4) is 0 Å². The van der Waals surface area contributed by atoms with Crippen LogP contribution in [0.25, 0.3) is 0 Å². The van der Waals surface area contributed by atoms with E-state index >= 15 is 0 Å². The molecule has 1 heterocycles. The van der Waals surface area contributed by atoms with Crippen LogP contribution >= 0.6 is 12.4 Å². The number of fused-ring (bicyclic) bond motifs is 1. The largest absolute Gasteiger partial charge is 0.338 e. The average molecular weight is 324 g/mol. The maximum atomic E-state index is 12.7. The number of nitrogens with zero attached hydrogens (tertiary/aromatic N) is 2. The second-order valence-electron chi connectivity index (χ2n) is 6.81. The topological polar surface area (TPSA) is 49.6 Å². The first-order valence-electron chi connectivity index (χ1n) is 7.83. The molecular weight excluding hydrogens is 298 g/mol. The minimum Gasteiger partial charge on any atom is -0.338 e. The maximum Gasteiger partial charge on any atom is 0.253 e. The van der Waals surface area contributed by atoms with Gasteiger partial charge < -0.3 is 15.5 Å². The van der Waals surface area contributed by atoms with Gasteiger partial charge in [0.15, 0.2) is 0 Å². The van der Waals surface area contributed by atoms with Gasteiger partial charge in [0.1, 0.15) is 0 Å². The van der Waals surface area contributed by atoms with Gasteiger partial charge >= 0.3 is 0 Å². The summed E-state index contributed by atoms with van der Waals surface area (Å²) in [5.41, 5.74) is 8.15. The second-order valence-corrected chi connectivity index (χ2v) is 6.81. The van der Waals surface area contributed by atoms with Crippen LogP contribution in [-0.4, -0.2) is 48.9 Å². The van der Waals surface area contributed by atoms with E-state index in [0.717, 1.165) is 31.6 Å². The predicted molar refractivity (Wildman–Crippen MR) is 91.2 cm³/mol. The fraction of sp³-hybridized carbons (Fsp3) is 0.588. The molecule has 3 atom stereocenters. The Labute approximate surface area is 139 Å². The summed E-state index contributed by atoms with van der Waals surface area (Å²) < 4.78 is 0. The molecule has 2 fully saturated rings. The van der Waals surface area contributed by atoms with E-state index in [-0.39, 0.29) is 24.4 Å². The average Bonchev–Trinajstić information content (AvgIpc) is 3.00. The molecule has 3 unspecified atom stereocenters. The van der Waals surface area contributed by atoms with E-state index in [1.165, 1.54) is 12.0 Å². The molecule has 1 amide bonds. The Kier molecular flexibility index (Phi) is 5.48. The number of rotatable bonds is 3. The first kappa shape index (κ1) is 17.3. The van der Waals surface area contributed by atoms with Crippen molar-refractivity contribution in [3.05, 3.63) is 35.4 Å². The number of nitrogens with two attached hydrogens (primary N) is 1. The van der Waals surface area contributed by atoms with Gasteiger partial charge in [-0.2, -0.15) is 0 Å². The van der Waals surface area contributed by atoms with Gasteiger partial charge in [0.25, 0.3) is 5.91 Å². The summed E-state index contributed by atoms with van der Waals surface area (Å²) in [6.45, 7) is 2.58. The van der Waals surface area contributed by atoms with Gasteiger partial charge in [0, 0.05) is 31.2 Å². The van der Waals surface area contributed by atoms with Crippen molar-refractivity contribution >= 4 is 18.3 Å². The molecule has 0 bridgehead atoms. The number of carbonyl (C=O) groups is 1. The standard InChI is InChI=1S/C17H25N3O.ClH/c1-19(2)9-12-4-3-5-13(8-12)17(21)20-10-14-6-7-16(18)15(14)11-20;/h3-5,8,14-16H,6-7,9-11,18H2,1-2H3;1H. The highest BCUT2D eigenvalue weighted by atomic mass is 35.5. The lowest BCUT2D eigenvalue weighted by molar-refractivity contribution is 0.0779. The number of hydrogen-bond acceptors (Lipinski definition) is 3. The molecule has 1 aromatic rings. The summed E-state index contributed by atoms with van der Waals surface area (Å²) in [7, 11) is 4.08. The number of carbonyl (C=O) groups excluding carboxylic acids is 1. The molecule has 1 saturated heterocycles. The third-order valence-corrected chi connectivity index (χ3v) is 4.87. The third kappa shape index (κ3) is 3.45. The lowest BCUT2D eigenvalue weighted by Crippen LogP contribution is -2.33. The normalized spacial score (nSPS) is 26.9. The molecule has 1 aliphatic carbocycles. The predicted octanol–water partition coefficient (Wildman–Crippen LogP) is 1.98. The molecule has 0 radical (unpaired) electrons. The molecule has 2 aliphatic rings. The van der Waals surface area contributed by atoms with Gasteiger partial charge in [0.05, 0.1) is 0 Å². The molecule has 0 spiro atoms. The SMILES string of the molecule is CN(C)Cc1cccc(C(=O)N2CC3CCC(N)C3C2)c1.Cl. The van der Waals surface area contributed by atoms with Crippen LogP contribution in [0.1, 0.15) is 28.8 Å². The zero-order chi connectivity index (χ0) is 15.0. The van der Waals surface area contributed by atoms with Crippen molar-refractivity contribution in [2.24, 2.45) is 17.6 Å². The van der Waals surface area contributed by atoms with E-state index in [1.54, 1.807) is 0 Å². The minimum atomic E-state index is 0. The molecule has 122 valence electrons. The van der Waals surface area contributed by atoms with E-state index in [2.05, 4.69) is 11.0 Å². The summed E-state index contributed by atoms with van der Waals surface area (Å²) in [4.78, 5) is 16.8. The Morgan fingerprint density at radius 3 is 2.77 bits per heavy atom. The van der Waals surface area contributed by atoms with Crippen LogP contribution in [0, 0.1) is 11.8 Å². The van der Waals surface area contributed by atoms with E-state index in [1.807, 2.05) is 37.2 Å². The summed E-state index contributed by atoms with van der Waals surface area (Å²) >= 11 is 0. The summed E-state index contributed by atoms with van der Waals surface area (Å²) in [6, 6.07) is 8.29. The van der Waals surface area contributed by atoms with Gasteiger partial charge in [-0.15, -0.1) is 12.4 Å². The number of halogens is 1. The zero-order valence-corrected chi connectivity index (χ0v) is 14.2. The lowest BCUT2D eigenvalue weighted by atomic mass is 9.98. The van der Waals surface area contributed by atoms with E-state index in [9.17, 15) is 4.79 Å². The van der Waals surface area contributed by atoms with E-state index < -0.39 is 0 Å². The Balaban J connectivity index is 0.00000176. The van der Waals surface area contributed by atoms with E-state index in [0.29, 0.717) is 11.8 Å². The first-order chi connectivity index (χ1) is 10.0. The Hall–Kier alpha value is -1.10. The summed E-state index contributed by atoms with van der Waals surface area (Å²) in [6.07, 6.45) is 2.30. The van der Waals surface area contributed by atoms with Crippen molar-refractivity contribution in [2.75, 3.05) is 27.2 Å². The molecule has 3 rings (SSSR count). The highest BCUT2D eigenvalue weighted by Crippen LogP contribution is 2.37. The maximum absolute atomic E-state index is 12.7. The fourth-order valence-corrected chi connectivity index (χ4v) is 3.82. The molecule has 22 heavy (non-hydrogen) atoms. The number of hydrogen-bond donors (Lipinski definition) is 1. The Morgan fingerprint density at radius 1 is 1.32 bits per heavy atom. The number of likely N-dealkylation sites (tertiary alicyclic amines) is 1.